The molecule has 3 rings (SSSR count). The van der Waals surface area contributed by atoms with Crippen molar-refractivity contribution in [2.24, 2.45) is 0 Å². The topological polar surface area (TPSA) is 20.3 Å². The second kappa shape index (κ2) is 6.87. The number of hydrogen-bond acceptors (Lipinski definition) is 3. The fourth-order valence-corrected chi connectivity index (χ4v) is 3.68. The monoisotopic (exact) mass is 359 g/mol. The van der Waals surface area contributed by atoms with E-state index >= 15 is 0 Å². The summed E-state index contributed by atoms with van der Waals surface area (Å²) >= 11 is 12.6. The van der Waals surface area contributed by atoms with Gasteiger partial charge in [0.25, 0.3) is 5.24 Å². The van der Waals surface area contributed by atoms with Gasteiger partial charge in [-0.1, -0.05) is 65.8 Å². The zero-order chi connectivity index (χ0) is 16.4. The van der Waals surface area contributed by atoms with E-state index < -0.39 is 0 Å². The molecule has 1 aliphatic heterocycles. The Hall–Kier alpha value is -1.62. The molecule has 0 saturated carbocycles. The molecular formula is C18H14ClNOS2. The van der Waals surface area contributed by atoms with Crippen molar-refractivity contribution in [1.82, 2.24) is 4.90 Å². The second-order valence-electron chi connectivity index (χ2n) is 5.31. The predicted octanol–water partition coefficient (Wildman–Crippen LogP) is 5.69. The van der Waals surface area contributed by atoms with Crippen LogP contribution < -0.4 is 0 Å². The fraction of sp³-hybridized carbons (Fsp3) is 0.111. The van der Waals surface area contributed by atoms with Crippen molar-refractivity contribution in [1.29, 1.82) is 0 Å². The number of halogens is 1. The maximum absolute atomic E-state index is 12.3. The summed E-state index contributed by atoms with van der Waals surface area (Å²) in [6.45, 7) is 2.51. The van der Waals surface area contributed by atoms with E-state index in [9.17, 15) is 4.79 Å². The van der Waals surface area contributed by atoms with Crippen LogP contribution in [0.1, 0.15) is 16.7 Å². The zero-order valence-corrected chi connectivity index (χ0v) is 14.8. The summed E-state index contributed by atoms with van der Waals surface area (Å²) < 4.78 is 0. The third-order valence-corrected chi connectivity index (χ3v) is 5.22. The van der Waals surface area contributed by atoms with Crippen LogP contribution in [0.3, 0.4) is 0 Å². The van der Waals surface area contributed by atoms with Crippen molar-refractivity contribution in [3.63, 3.8) is 0 Å². The summed E-state index contributed by atoms with van der Waals surface area (Å²) in [4.78, 5) is 15.3. The van der Waals surface area contributed by atoms with Crippen molar-refractivity contribution in [2.45, 2.75) is 13.5 Å². The molecule has 116 valence electrons. The number of aryl methyl sites for hydroxylation is 1. The van der Waals surface area contributed by atoms with E-state index in [1.807, 2.05) is 55.5 Å². The number of thioether (sulfide) groups is 1. The van der Waals surface area contributed by atoms with Crippen LogP contribution in [0.4, 0.5) is 4.79 Å². The molecule has 5 heteroatoms. The Morgan fingerprint density at radius 1 is 1.22 bits per heavy atom. The van der Waals surface area contributed by atoms with Gasteiger partial charge in [0.15, 0.2) is 0 Å². The van der Waals surface area contributed by atoms with Gasteiger partial charge in [0.05, 0.1) is 11.4 Å². The van der Waals surface area contributed by atoms with Crippen molar-refractivity contribution < 1.29 is 4.79 Å². The van der Waals surface area contributed by atoms with Gasteiger partial charge in [-0.15, -0.1) is 0 Å². The van der Waals surface area contributed by atoms with Gasteiger partial charge >= 0.3 is 0 Å². The lowest BCUT2D eigenvalue weighted by Gasteiger charge is -2.14. The fourth-order valence-electron chi connectivity index (χ4n) is 2.32. The molecule has 2 aromatic carbocycles. The minimum absolute atomic E-state index is 0.0381. The van der Waals surface area contributed by atoms with Crippen LogP contribution in [0.25, 0.3) is 6.08 Å². The molecule has 2 nitrogen and oxygen atoms in total. The number of carbonyl (C=O) groups is 1. The Balaban J connectivity index is 1.81. The number of benzene rings is 2. The molecule has 0 unspecified atom stereocenters. The number of rotatable bonds is 3. The van der Waals surface area contributed by atoms with Gasteiger partial charge in [-0.2, -0.15) is 0 Å². The Labute approximate surface area is 150 Å². The molecule has 0 atom stereocenters. The van der Waals surface area contributed by atoms with Crippen LogP contribution in [0.15, 0.2) is 53.4 Å². The van der Waals surface area contributed by atoms with Crippen molar-refractivity contribution in [2.75, 3.05) is 0 Å². The minimum Gasteiger partial charge on any atom is -0.288 e. The van der Waals surface area contributed by atoms with Crippen LogP contribution in [0.2, 0.25) is 5.02 Å². The SMILES string of the molecule is Cc1cccc(/C=C2\SC(=O)N(Cc3ccc(Cl)cc3)C2=S)c1. The van der Waals surface area contributed by atoms with E-state index in [0.717, 1.165) is 16.0 Å². The summed E-state index contributed by atoms with van der Waals surface area (Å²) in [5.41, 5.74) is 3.23. The van der Waals surface area contributed by atoms with Crippen molar-refractivity contribution in [3.05, 3.63) is 75.1 Å². The maximum Gasteiger partial charge on any atom is 0.291 e. The smallest absolute Gasteiger partial charge is 0.288 e. The molecule has 1 aliphatic rings. The molecule has 0 bridgehead atoms. The van der Waals surface area contributed by atoms with Gasteiger partial charge in [-0.25, -0.2) is 0 Å². The summed E-state index contributed by atoms with van der Waals surface area (Å²) in [5.74, 6) is 0. The highest BCUT2D eigenvalue weighted by Gasteiger charge is 2.31. The highest BCUT2D eigenvalue weighted by atomic mass is 35.5. The molecule has 1 amide bonds. The first-order chi connectivity index (χ1) is 11.0. The van der Waals surface area contributed by atoms with E-state index in [1.54, 1.807) is 4.90 Å². The van der Waals surface area contributed by atoms with Gasteiger partial charge in [-0.3, -0.25) is 9.69 Å². The summed E-state index contributed by atoms with van der Waals surface area (Å²) in [6.07, 6.45) is 1.97. The lowest BCUT2D eigenvalue weighted by Crippen LogP contribution is -2.26. The van der Waals surface area contributed by atoms with E-state index in [0.29, 0.717) is 16.6 Å². The largest absolute Gasteiger partial charge is 0.291 e. The van der Waals surface area contributed by atoms with Crippen LogP contribution in [-0.4, -0.2) is 15.1 Å². The molecule has 0 spiro atoms. The van der Waals surface area contributed by atoms with Crippen LogP contribution in [0, 0.1) is 6.92 Å². The first-order valence-corrected chi connectivity index (χ1v) is 8.70. The van der Waals surface area contributed by atoms with Gasteiger partial charge in [0.2, 0.25) is 0 Å². The van der Waals surface area contributed by atoms with Gasteiger partial charge in [0.1, 0.15) is 4.99 Å². The van der Waals surface area contributed by atoms with Crippen molar-refractivity contribution in [3.8, 4) is 0 Å². The molecule has 2 aromatic rings. The van der Waals surface area contributed by atoms with Crippen molar-refractivity contribution >= 4 is 51.9 Å². The summed E-state index contributed by atoms with van der Waals surface area (Å²) in [7, 11) is 0. The molecule has 1 fully saturated rings. The molecule has 0 aromatic heterocycles. The summed E-state index contributed by atoms with van der Waals surface area (Å²) in [5, 5.41) is 0.641. The Bertz CT molecular complexity index is 799. The molecule has 0 aliphatic carbocycles. The number of carbonyl (C=O) groups excluding carboxylic acids is 1. The molecule has 1 saturated heterocycles. The number of thiocarbonyl (C=S) groups is 1. The zero-order valence-electron chi connectivity index (χ0n) is 12.5. The first-order valence-electron chi connectivity index (χ1n) is 7.09. The molecule has 0 radical (unpaired) electrons. The average Bonchev–Trinajstić information content (AvgIpc) is 2.77. The van der Waals surface area contributed by atoms with Gasteiger partial charge < -0.3 is 0 Å². The Morgan fingerprint density at radius 3 is 2.65 bits per heavy atom. The lowest BCUT2D eigenvalue weighted by molar-refractivity contribution is 0.244. The standard InChI is InChI=1S/C18H14ClNOS2/c1-12-3-2-4-14(9-12)10-16-17(22)20(18(21)23-16)11-13-5-7-15(19)8-6-13/h2-10H,11H2,1H3/b16-10-. The Morgan fingerprint density at radius 2 is 1.96 bits per heavy atom. The highest BCUT2D eigenvalue weighted by Crippen LogP contribution is 2.34. The van der Waals surface area contributed by atoms with E-state index in [1.165, 1.54) is 17.3 Å². The molecule has 23 heavy (non-hydrogen) atoms. The van der Waals surface area contributed by atoms with E-state index in [2.05, 4.69) is 6.07 Å². The lowest BCUT2D eigenvalue weighted by atomic mass is 10.1. The predicted molar refractivity (Wildman–Crippen MR) is 102 cm³/mol. The number of hydrogen-bond donors (Lipinski definition) is 0. The molecule has 1 heterocycles. The quantitative estimate of drug-likeness (QED) is 0.519. The third-order valence-electron chi connectivity index (χ3n) is 3.47. The first kappa shape index (κ1) is 16.2. The average molecular weight is 360 g/mol. The molecule has 0 N–H and O–H groups in total. The number of nitrogens with zero attached hydrogens (tertiary/aromatic N) is 1. The normalized spacial score (nSPS) is 16.4. The van der Waals surface area contributed by atoms with Gasteiger partial charge in [0, 0.05) is 5.02 Å². The van der Waals surface area contributed by atoms with Gasteiger partial charge in [-0.05, 0) is 48.0 Å². The van der Waals surface area contributed by atoms with Crippen LogP contribution >= 0.6 is 35.6 Å². The van der Waals surface area contributed by atoms with E-state index in [4.69, 9.17) is 23.8 Å². The third kappa shape index (κ3) is 3.83. The number of amides is 1. The second-order valence-corrected chi connectivity index (χ2v) is 7.12. The van der Waals surface area contributed by atoms with E-state index in [-0.39, 0.29) is 5.24 Å². The minimum atomic E-state index is -0.0381. The van der Waals surface area contributed by atoms with Crippen LogP contribution in [-0.2, 0) is 6.54 Å². The Kier molecular flexibility index (Phi) is 4.85. The summed E-state index contributed by atoms with van der Waals surface area (Å²) in [6, 6.07) is 15.6. The maximum atomic E-state index is 12.3. The highest BCUT2D eigenvalue weighted by molar-refractivity contribution is 8.19. The molecular weight excluding hydrogens is 346 g/mol. The van der Waals surface area contributed by atoms with Crippen LogP contribution in [0.5, 0.6) is 0 Å².